The molecule has 29 heavy (non-hydrogen) atoms. The first-order valence-corrected chi connectivity index (χ1v) is 10.2. The van der Waals surface area contributed by atoms with Crippen molar-refractivity contribution in [2.75, 3.05) is 37.7 Å². The van der Waals surface area contributed by atoms with Gasteiger partial charge in [0.2, 0.25) is 5.91 Å². The van der Waals surface area contributed by atoms with Crippen molar-refractivity contribution in [3.05, 3.63) is 46.9 Å². The SMILES string of the molecule is CCOC(=O)c1c(C)c(CCC(=O)N2CCN(c3ccccn3)CC2)c(C)n1C. The first-order chi connectivity index (χ1) is 13.9. The molecule has 0 unspecified atom stereocenters. The maximum absolute atomic E-state index is 12.8. The summed E-state index contributed by atoms with van der Waals surface area (Å²) in [5, 5.41) is 0. The van der Waals surface area contributed by atoms with Gasteiger partial charge in [-0.25, -0.2) is 9.78 Å². The van der Waals surface area contributed by atoms with Gasteiger partial charge in [-0.3, -0.25) is 4.79 Å². The van der Waals surface area contributed by atoms with Crippen molar-refractivity contribution in [1.29, 1.82) is 0 Å². The predicted molar refractivity (Wildman–Crippen MR) is 112 cm³/mol. The monoisotopic (exact) mass is 398 g/mol. The smallest absolute Gasteiger partial charge is 0.355 e. The minimum Gasteiger partial charge on any atom is -0.461 e. The standard InChI is InChI=1S/C22H30N4O3/c1-5-29-22(28)21-16(2)18(17(3)24(21)4)9-10-20(27)26-14-12-25(13-15-26)19-8-6-7-11-23-19/h6-8,11H,5,9-10,12-15H2,1-4H3. The van der Waals surface area contributed by atoms with E-state index in [1.807, 2.05) is 48.6 Å². The molecule has 1 aliphatic rings. The first-order valence-electron chi connectivity index (χ1n) is 10.2. The van der Waals surface area contributed by atoms with Gasteiger partial charge in [-0.1, -0.05) is 6.07 Å². The van der Waals surface area contributed by atoms with Crippen molar-refractivity contribution in [3.8, 4) is 0 Å². The number of anilines is 1. The Labute approximate surface area is 172 Å². The van der Waals surface area contributed by atoms with Gasteiger partial charge < -0.3 is 19.1 Å². The van der Waals surface area contributed by atoms with Gasteiger partial charge in [0, 0.05) is 51.5 Å². The molecule has 7 nitrogen and oxygen atoms in total. The van der Waals surface area contributed by atoms with Crippen LogP contribution in [-0.4, -0.2) is 59.1 Å². The molecule has 0 atom stereocenters. The Hall–Kier alpha value is -2.83. The van der Waals surface area contributed by atoms with Gasteiger partial charge in [-0.05, 0) is 50.5 Å². The summed E-state index contributed by atoms with van der Waals surface area (Å²) in [4.78, 5) is 33.5. The summed E-state index contributed by atoms with van der Waals surface area (Å²) in [5.74, 6) is 0.812. The largest absolute Gasteiger partial charge is 0.461 e. The summed E-state index contributed by atoms with van der Waals surface area (Å²) < 4.78 is 7.05. The number of carbonyl (C=O) groups is 2. The Bertz CT molecular complexity index is 868. The highest BCUT2D eigenvalue weighted by atomic mass is 16.5. The van der Waals surface area contributed by atoms with Crippen LogP contribution in [0.4, 0.5) is 5.82 Å². The van der Waals surface area contributed by atoms with Crippen molar-refractivity contribution in [2.45, 2.75) is 33.6 Å². The average molecular weight is 399 g/mol. The first kappa shape index (κ1) is 20.9. The number of ether oxygens (including phenoxy) is 1. The number of hydrogen-bond donors (Lipinski definition) is 0. The van der Waals surface area contributed by atoms with Crippen LogP contribution >= 0.6 is 0 Å². The molecule has 1 saturated heterocycles. The van der Waals surface area contributed by atoms with E-state index in [9.17, 15) is 9.59 Å². The zero-order valence-corrected chi connectivity index (χ0v) is 17.8. The Balaban J connectivity index is 1.59. The van der Waals surface area contributed by atoms with E-state index < -0.39 is 0 Å². The minimum absolute atomic E-state index is 0.158. The number of hydrogen-bond acceptors (Lipinski definition) is 5. The number of rotatable bonds is 6. The van der Waals surface area contributed by atoms with E-state index in [2.05, 4.69) is 9.88 Å². The molecule has 0 bridgehead atoms. The molecule has 0 aliphatic carbocycles. The van der Waals surface area contributed by atoms with Crippen LogP contribution in [0.5, 0.6) is 0 Å². The van der Waals surface area contributed by atoms with Crippen molar-refractivity contribution < 1.29 is 14.3 Å². The van der Waals surface area contributed by atoms with E-state index in [-0.39, 0.29) is 11.9 Å². The molecule has 2 aromatic heterocycles. The number of nitrogens with zero attached hydrogens (tertiary/aromatic N) is 4. The third-order valence-corrected chi connectivity index (χ3v) is 5.75. The maximum atomic E-state index is 12.8. The van der Waals surface area contributed by atoms with Crippen LogP contribution in [0.25, 0.3) is 0 Å². The number of piperazine rings is 1. The molecule has 1 fully saturated rings. The van der Waals surface area contributed by atoms with Crippen LogP contribution in [0.1, 0.15) is 40.7 Å². The van der Waals surface area contributed by atoms with Gasteiger partial charge in [0.05, 0.1) is 6.61 Å². The molecule has 0 N–H and O–H groups in total. The van der Waals surface area contributed by atoms with E-state index in [0.29, 0.717) is 38.2 Å². The van der Waals surface area contributed by atoms with Crippen molar-refractivity contribution in [1.82, 2.24) is 14.5 Å². The van der Waals surface area contributed by atoms with Crippen molar-refractivity contribution >= 4 is 17.7 Å². The summed E-state index contributed by atoms with van der Waals surface area (Å²) >= 11 is 0. The lowest BCUT2D eigenvalue weighted by Crippen LogP contribution is -2.49. The molecule has 156 valence electrons. The number of pyridine rings is 1. The van der Waals surface area contributed by atoms with E-state index in [4.69, 9.17) is 4.74 Å². The van der Waals surface area contributed by atoms with Crippen molar-refractivity contribution in [3.63, 3.8) is 0 Å². The fourth-order valence-electron chi connectivity index (χ4n) is 4.01. The predicted octanol–water partition coefficient (Wildman–Crippen LogP) is 2.50. The highest BCUT2D eigenvalue weighted by Crippen LogP contribution is 2.24. The van der Waals surface area contributed by atoms with Gasteiger partial charge in [0.15, 0.2) is 0 Å². The highest BCUT2D eigenvalue weighted by molar-refractivity contribution is 5.90. The number of esters is 1. The molecule has 3 rings (SSSR count). The van der Waals surface area contributed by atoms with E-state index in [1.54, 1.807) is 13.1 Å². The fraction of sp³-hybridized carbons (Fsp3) is 0.500. The second-order valence-electron chi connectivity index (χ2n) is 7.37. The lowest BCUT2D eigenvalue weighted by Gasteiger charge is -2.35. The molecule has 0 spiro atoms. The van der Waals surface area contributed by atoms with Crippen LogP contribution in [0.3, 0.4) is 0 Å². The zero-order valence-electron chi connectivity index (χ0n) is 17.8. The van der Waals surface area contributed by atoms with Gasteiger partial charge in [-0.15, -0.1) is 0 Å². The molecular formula is C22H30N4O3. The van der Waals surface area contributed by atoms with Gasteiger partial charge in [0.1, 0.15) is 11.5 Å². The molecule has 1 amide bonds. The molecular weight excluding hydrogens is 368 g/mol. The van der Waals surface area contributed by atoms with E-state index in [1.165, 1.54) is 0 Å². The number of carbonyl (C=O) groups excluding carboxylic acids is 2. The molecule has 0 aromatic carbocycles. The average Bonchev–Trinajstić information content (AvgIpc) is 2.95. The Morgan fingerprint density at radius 2 is 1.86 bits per heavy atom. The fourth-order valence-corrected chi connectivity index (χ4v) is 4.01. The molecule has 1 aliphatic heterocycles. The summed E-state index contributed by atoms with van der Waals surface area (Å²) in [5.41, 5.74) is 3.57. The van der Waals surface area contributed by atoms with Crippen LogP contribution in [0, 0.1) is 13.8 Å². The summed E-state index contributed by atoms with van der Waals surface area (Å²) in [7, 11) is 1.87. The lowest BCUT2D eigenvalue weighted by molar-refractivity contribution is -0.131. The van der Waals surface area contributed by atoms with Gasteiger partial charge in [0.25, 0.3) is 0 Å². The third kappa shape index (κ3) is 4.44. The number of amides is 1. The van der Waals surface area contributed by atoms with E-state index >= 15 is 0 Å². The molecule has 2 aromatic rings. The molecule has 7 heteroatoms. The minimum atomic E-state index is -0.307. The molecule has 0 radical (unpaired) electrons. The second kappa shape index (κ2) is 9.11. The Kier molecular flexibility index (Phi) is 6.56. The van der Waals surface area contributed by atoms with E-state index in [0.717, 1.165) is 35.7 Å². The normalized spacial score (nSPS) is 14.2. The highest BCUT2D eigenvalue weighted by Gasteiger charge is 2.24. The maximum Gasteiger partial charge on any atom is 0.355 e. The topological polar surface area (TPSA) is 67.7 Å². The Morgan fingerprint density at radius 1 is 1.14 bits per heavy atom. The lowest BCUT2D eigenvalue weighted by atomic mass is 10.0. The summed E-state index contributed by atoms with van der Waals surface area (Å²) in [6.07, 6.45) is 2.86. The number of aromatic nitrogens is 2. The summed E-state index contributed by atoms with van der Waals surface area (Å²) in [6.45, 7) is 9.06. The molecule has 3 heterocycles. The summed E-state index contributed by atoms with van der Waals surface area (Å²) in [6, 6.07) is 5.89. The van der Waals surface area contributed by atoms with Gasteiger partial charge >= 0.3 is 5.97 Å². The second-order valence-corrected chi connectivity index (χ2v) is 7.37. The zero-order chi connectivity index (χ0) is 21.0. The Morgan fingerprint density at radius 3 is 2.48 bits per heavy atom. The quantitative estimate of drug-likeness (QED) is 0.700. The van der Waals surface area contributed by atoms with Gasteiger partial charge in [-0.2, -0.15) is 0 Å². The van der Waals surface area contributed by atoms with Crippen LogP contribution in [0.2, 0.25) is 0 Å². The van der Waals surface area contributed by atoms with Crippen LogP contribution in [-0.2, 0) is 23.0 Å². The third-order valence-electron chi connectivity index (χ3n) is 5.75. The van der Waals surface area contributed by atoms with Crippen LogP contribution in [0.15, 0.2) is 24.4 Å². The van der Waals surface area contributed by atoms with Crippen molar-refractivity contribution in [2.24, 2.45) is 7.05 Å². The van der Waals surface area contributed by atoms with Crippen LogP contribution < -0.4 is 4.90 Å². The molecule has 0 saturated carbocycles.